The average Bonchev–Trinajstić information content (AvgIpc) is 2.98. The fourth-order valence-corrected chi connectivity index (χ4v) is 2.21. The summed E-state index contributed by atoms with van der Waals surface area (Å²) in [5.74, 6) is 2.74. The number of esters is 1. The van der Waals surface area contributed by atoms with Crippen LogP contribution in [0.4, 0.5) is 0 Å². The van der Waals surface area contributed by atoms with Gasteiger partial charge in [-0.05, 0) is 12.3 Å². The van der Waals surface area contributed by atoms with E-state index in [2.05, 4.69) is 36.7 Å². The number of hydrogen-bond donors (Lipinski definition) is 2. The number of aromatic amines is 1. The summed E-state index contributed by atoms with van der Waals surface area (Å²) in [6.07, 6.45) is 12.8. The summed E-state index contributed by atoms with van der Waals surface area (Å²) in [7, 11) is 0. The van der Waals surface area contributed by atoms with E-state index in [9.17, 15) is 4.79 Å². The second-order valence-corrected chi connectivity index (χ2v) is 6.28. The van der Waals surface area contributed by atoms with Gasteiger partial charge in [-0.2, -0.15) is 0 Å². The molecule has 1 unspecified atom stereocenters. The summed E-state index contributed by atoms with van der Waals surface area (Å²) in [4.78, 5) is 19.6. The van der Waals surface area contributed by atoms with Gasteiger partial charge in [0.2, 0.25) is 0 Å². The van der Waals surface area contributed by atoms with Crippen molar-refractivity contribution in [3.05, 3.63) is 17.7 Å². The van der Waals surface area contributed by atoms with Crippen LogP contribution in [0.3, 0.4) is 0 Å². The zero-order valence-electron chi connectivity index (χ0n) is 14.5. The summed E-state index contributed by atoms with van der Waals surface area (Å²) in [6.45, 7) is 6.63. The van der Waals surface area contributed by atoms with Crippen molar-refractivity contribution in [2.24, 2.45) is 5.73 Å². The van der Waals surface area contributed by atoms with Gasteiger partial charge in [0.15, 0.2) is 5.54 Å². The molecule has 0 aliphatic carbocycles. The molecular weight excluding hydrogens is 290 g/mol. The van der Waals surface area contributed by atoms with Crippen LogP contribution in [0, 0.1) is 12.3 Å². The minimum Gasteiger partial charge on any atom is -0.464 e. The van der Waals surface area contributed by atoms with Crippen molar-refractivity contribution in [2.75, 3.05) is 6.61 Å². The second-order valence-electron chi connectivity index (χ2n) is 6.28. The number of unbranched alkanes of at least 4 members (excludes halogenated alkanes) is 4. The third-order valence-corrected chi connectivity index (χ3v) is 3.82. The molecule has 23 heavy (non-hydrogen) atoms. The Morgan fingerprint density at radius 1 is 1.43 bits per heavy atom. The van der Waals surface area contributed by atoms with E-state index in [1.807, 2.05) is 0 Å². The molecule has 1 aromatic heterocycles. The van der Waals surface area contributed by atoms with Crippen LogP contribution in [0.15, 0.2) is 6.20 Å². The van der Waals surface area contributed by atoms with Crippen LogP contribution in [0.25, 0.3) is 0 Å². The summed E-state index contributed by atoms with van der Waals surface area (Å²) in [5, 5.41) is 0. The number of nitrogens with two attached hydrogens (primary N) is 1. The lowest BCUT2D eigenvalue weighted by Crippen LogP contribution is -2.50. The molecule has 0 saturated carbocycles. The lowest BCUT2D eigenvalue weighted by atomic mass is 9.97. The molecule has 0 aliphatic heterocycles. The summed E-state index contributed by atoms with van der Waals surface area (Å²) in [6, 6.07) is 0. The highest BCUT2D eigenvalue weighted by Crippen LogP contribution is 2.15. The lowest BCUT2D eigenvalue weighted by Gasteiger charge is -2.20. The van der Waals surface area contributed by atoms with Crippen molar-refractivity contribution < 1.29 is 9.53 Å². The predicted molar refractivity (Wildman–Crippen MR) is 91.9 cm³/mol. The number of rotatable bonds is 10. The zero-order chi connectivity index (χ0) is 17.3. The Morgan fingerprint density at radius 3 is 2.70 bits per heavy atom. The van der Waals surface area contributed by atoms with Crippen LogP contribution in [0.1, 0.15) is 70.3 Å². The van der Waals surface area contributed by atoms with Gasteiger partial charge in [-0.1, -0.05) is 52.4 Å². The Labute approximate surface area is 139 Å². The van der Waals surface area contributed by atoms with Crippen molar-refractivity contribution in [1.82, 2.24) is 9.97 Å². The number of H-pyrrole nitrogens is 1. The molecule has 0 fully saturated rings. The fraction of sp³-hybridized carbons (Fsp3) is 0.667. The normalized spacial score (nSPS) is 13.6. The average molecular weight is 319 g/mol. The molecule has 1 heterocycles. The molecule has 0 radical (unpaired) electrons. The number of terminal acetylenes is 1. The molecule has 1 aromatic rings. The molecule has 0 saturated heterocycles. The van der Waals surface area contributed by atoms with E-state index in [0.29, 0.717) is 18.3 Å². The number of aromatic nitrogens is 2. The van der Waals surface area contributed by atoms with Gasteiger partial charge in [0.25, 0.3) is 0 Å². The van der Waals surface area contributed by atoms with E-state index in [0.717, 1.165) is 25.0 Å². The number of imidazole rings is 1. The summed E-state index contributed by atoms with van der Waals surface area (Å²) >= 11 is 0. The first-order chi connectivity index (χ1) is 10.9. The lowest BCUT2D eigenvalue weighted by molar-refractivity contribution is -0.148. The van der Waals surface area contributed by atoms with Gasteiger partial charge in [0, 0.05) is 18.3 Å². The number of nitrogens with zero attached hydrogens (tertiary/aromatic N) is 1. The second kappa shape index (κ2) is 9.36. The molecule has 128 valence electrons. The molecule has 1 rings (SSSR count). The van der Waals surface area contributed by atoms with Crippen molar-refractivity contribution in [3.63, 3.8) is 0 Å². The van der Waals surface area contributed by atoms with Crippen LogP contribution < -0.4 is 5.73 Å². The van der Waals surface area contributed by atoms with Crippen molar-refractivity contribution >= 4 is 5.97 Å². The minimum atomic E-state index is -1.48. The highest BCUT2D eigenvalue weighted by atomic mass is 16.5. The van der Waals surface area contributed by atoms with Crippen LogP contribution in [0.5, 0.6) is 0 Å². The molecule has 0 bridgehead atoms. The van der Waals surface area contributed by atoms with Gasteiger partial charge in [0.05, 0.1) is 6.61 Å². The molecular formula is C18H29N3O2. The minimum absolute atomic E-state index is 0.144. The van der Waals surface area contributed by atoms with Crippen molar-refractivity contribution in [1.29, 1.82) is 0 Å². The first kappa shape index (κ1) is 19.2. The fourth-order valence-electron chi connectivity index (χ4n) is 2.21. The maximum absolute atomic E-state index is 12.2. The highest BCUT2D eigenvalue weighted by Gasteiger charge is 2.35. The van der Waals surface area contributed by atoms with Gasteiger partial charge in [0.1, 0.15) is 5.82 Å². The molecule has 0 spiro atoms. The van der Waals surface area contributed by atoms with Gasteiger partial charge in [-0.3, -0.25) is 0 Å². The quantitative estimate of drug-likeness (QED) is 0.395. The molecule has 3 N–H and O–H groups in total. The largest absolute Gasteiger partial charge is 0.464 e. The summed E-state index contributed by atoms with van der Waals surface area (Å²) < 4.78 is 5.26. The van der Waals surface area contributed by atoms with Crippen molar-refractivity contribution in [3.8, 4) is 12.3 Å². The van der Waals surface area contributed by atoms with Crippen LogP contribution in [-0.2, 0) is 16.0 Å². The standard InChI is InChI=1S/C18H29N3O2/c1-5-7-8-9-10-11-23-17(22)18(19,6-2)12-16-20-13-15(21-16)14(3)4/h2,13-14H,5,7-12,19H2,1,3-4H3,(H,20,21). The number of carbonyl (C=O) groups excluding carboxylic acids is 1. The maximum atomic E-state index is 12.2. The van der Waals surface area contributed by atoms with Gasteiger partial charge < -0.3 is 15.5 Å². The topological polar surface area (TPSA) is 81.0 Å². The molecule has 0 aliphatic rings. The molecule has 0 aromatic carbocycles. The third kappa shape index (κ3) is 6.07. The van der Waals surface area contributed by atoms with Gasteiger partial charge in [-0.25, -0.2) is 9.78 Å². The van der Waals surface area contributed by atoms with Crippen LogP contribution in [0.2, 0.25) is 0 Å². The van der Waals surface area contributed by atoms with E-state index < -0.39 is 11.5 Å². The predicted octanol–water partition coefficient (Wildman–Crippen LogP) is 2.92. The van der Waals surface area contributed by atoms with E-state index >= 15 is 0 Å². The number of carbonyl (C=O) groups is 1. The summed E-state index contributed by atoms with van der Waals surface area (Å²) in [5.41, 5.74) is 5.56. The van der Waals surface area contributed by atoms with E-state index in [1.165, 1.54) is 12.8 Å². The maximum Gasteiger partial charge on any atom is 0.339 e. The van der Waals surface area contributed by atoms with Crippen LogP contribution >= 0.6 is 0 Å². The van der Waals surface area contributed by atoms with Gasteiger partial charge in [-0.15, -0.1) is 6.42 Å². The van der Waals surface area contributed by atoms with Gasteiger partial charge >= 0.3 is 5.97 Å². The first-order valence-corrected chi connectivity index (χ1v) is 8.40. The smallest absolute Gasteiger partial charge is 0.339 e. The number of nitrogens with one attached hydrogen (secondary N) is 1. The third-order valence-electron chi connectivity index (χ3n) is 3.82. The Morgan fingerprint density at radius 2 is 2.13 bits per heavy atom. The van der Waals surface area contributed by atoms with E-state index in [-0.39, 0.29) is 6.42 Å². The Bertz CT molecular complexity index is 531. The van der Waals surface area contributed by atoms with E-state index in [1.54, 1.807) is 6.20 Å². The van der Waals surface area contributed by atoms with Crippen LogP contribution in [-0.4, -0.2) is 28.1 Å². The molecule has 5 nitrogen and oxygen atoms in total. The zero-order valence-corrected chi connectivity index (χ0v) is 14.5. The number of hydrogen-bond acceptors (Lipinski definition) is 4. The monoisotopic (exact) mass is 319 g/mol. The molecule has 1 atom stereocenters. The molecule has 5 heteroatoms. The Kier molecular flexibility index (Phi) is 7.84. The molecule has 0 amide bonds. The number of ether oxygens (including phenoxy) is 1. The van der Waals surface area contributed by atoms with Crippen molar-refractivity contribution in [2.45, 2.75) is 70.8 Å². The highest BCUT2D eigenvalue weighted by molar-refractivity contribution is 5.84. The Hall–Kier alpha value is -1.80. The van der Waals surface area contributed by atoms with E-state index in [4.69, 9.17) is 16.9 Å². The Balaban J connectivity index is 2.51. The first-order valence-electron chi connectivity index (χ1n) is 8.40. The SMILES string of the molecule is C#CC(N)(Cc1ncc(C(C)C)[nH]1)C(=O)OCCCCCCC.